The first kappa shape index (κ1) is 20.5. The Bertz CT molecular complexity index is 747. The Hall–Kier alpha value is -2.82. The molecule has 0 heterocycles. The first-order chi connectivity index (χ1) is 12.8. The summed E-state index contributed by atoms with van der Waals surface area (Å²) in [6.45, 7) is 6.51. The van der Waals surface area contributed by atoms with Crippen molar-refractivity contribution in [2.45, 2.75) is 32.9 Å². The Labute approximate surface area is 162 Å². The molecule has 0 fully saturated rings. The van der Waals surface area contributed by atoms with E-state index in [4.69, 9.17) is 4.84 Å². The normalized spacial score (nSPS) is 11.4. The Morgan fingerprint density at radius 2 is 1.67 bits per heavy atom. The maximum atomic E-state index is 12.6. The Morgan fingerprint density at radius 1 is 1.04 bits per heavy atom. The van der Waals surface area contributed by atoms with Gasteiger partial charge in [-0.3, -0.25) is 4.79 Å². The summed E-state index contributed by atoms with van der Waals surface area (Å²) in [7, 11) is 3.99. The van der Waals surface area contributed by atoms with E-state index in [1.165, 1.54) is 0 Å². The molecule has 0 aliphatic rings. The monoisotopic (exact) mass is 367 g/mol. The van der Waals surface area contributed by atoms with Crippen LogP contribution in [0, 0.1) is 0 Å². The summed E-state index contributed by atoms with van der Waals surface area (Å²) in [6, 6.07) is 17.9. The smallest absolute Gasteiger partial charge is 0.264 e. The number of benzene rings is 2. The Balaban J connectivity index is 1.93. The van der Waals surface area contributed by atoms with Gasteiger partial charge in [-0.15, -0.1) is 0 Å². The fraction of sp³-hybridized carbons (Fsp3) is 0.364. The molecule has 144 valence electrons. The van der Waals surface area contributed by atoms with Crippen molar-refractivity contribution >= 4 is 17.8 Å². The summed E-state index contributed by atoms with van der Waals surface area (Å²) < 4.78 is 0. The van der Waals surface area contributed by atoms with Crippen molar-refractivity contribution < 1.29 is 9.63 Å². The van der Waals surface area contributed by atoms with Gasteiger partial charge in [0, 0.05) is 31.9 Å². The summed E-state index contributed by atoms with van der Waals surface area (Å²) in [5.74, 6) is -0.0912. The van der Waals surface area contributed by atoms with Gasteiger partial charge in [0.05, 0.1) is 6.21 Å². The van der Waals surface area contributed by atoms with Crippen LogP contribution in [0.3, 0.4) is 0 Å². The molecule has 0 N–H and O–H groups in total. The van der Waals surface area contributed by atoms with Gasteiger partial charge >= 0.3 is 0 Å². The van der Waals surface area contributed by atoms with Crippen LogP contribution < -0.4 is 4.90 Å². The Morgan fingerprint density at radius 3 is 2.22 bits per heavy atom. The van der Waals surface area contributed by atoms with E-state index in [9.17, 15) is 4.79 Å². The standard InChI is InChI=1S/C22H29N3O2/c1-22(2,3)25(16-19-9-7-6-8-10-19)21(26)17-27-23-15-18-11-13-20(14-12-18)24(4)5/h6-15H,16-17H2,1-5H3/b23-15-. The van der Waals surface area contributed by atoms with Crippen LogP contribution in [0.5, 0.6) is 0 Å². The molecule has 0 saturated carbocycles. The third-order valence-electron chi connectivity index (χ3n) is 4.17. The first-order valence-corrected chi connectivity index (χ1v) is 9.04. The van der Waals surface area contributed by atoms with E-state index < -0.39 is 0 Å². The summed E-state index contributed by atoms with van der Waals surface area (Å²) in [4.78, 5) is 21.7. The van der Waals surface area contributed by atoms with Gasteiger partial charge in [0.1, 0.15) is 0 Å². The van der Waals surface area contributed by atoms with Crippen LogP contribution in [0.2, 0.25) is 0 Å². The minimum atomic E-state index is -0.304. The van der Waals surface area contributed by atoms with E-state index in [-0.39, 0.29) is 18.1 Å². The largest absolute Gasteiger partial charge is 0.386 e. The highest BCUT2D eigenvalue weighted by Crippen LogP contribution is 2.18. The van der Waals surface area contributed by atoms with Crippen molar-refractivity contribution in [2.24, 2.45) is 5.16 Å². The van der Waals surface area contributed by atoms with E-state index in [0.717, 1.165) is 16.8 Å². The predicted molar refractivity (Wildman–Crippen MR) is 111 cm³/mol. The van der Waals surface area contributed by atoms with Gasteiger partial charge in [-0.1, -0.05) is 47.6 Å². The van der Waals surface area contributed by atoms with Crippen molar-refractivity contribution in [2.75, 3.05) is 25.6 Å². The zero-order chi connectivity index (χ0) is 19.9. The third-order valence-corrected chi connectivity index (χ3v) is 4.17. The molecule has 0 aromatic heterocycles. The molecule has 2 aromatic rings. The van der Waals surface area contributed by atoms with Crippen LogP contribution in [0.1, 0.15) is 31.9 Å². The molecule has 0 spiro atoms. The van der Waals surface area contributed by atoms with Gasteiger partial charge < -0.3 is 14.6 Å². The van der Waals surface area contributed by atoms with Crippen LogP contribution in [0.4, 0.5) is 5.69 Å². The fourth-order valence-electron chi connectivity index (χ4n) is 2.59. The van der Waals surface area contributed by atoms with Gasteiger partial charge in [0.25, 0.3) is 5.91 Å². The second-order valence-corrected chi connectivity index (χ2v) is 7.63. The van der Waals surface area contributed by atoms with Crippen LogP contribution in [-0.4, -0.2) is 43.3 Å². The molecule has 5 heteroatoms. The molecule has 0 unspecified atom stereocenters. The lowest BCUT2D eigenvalue weighted by Gasteiger charge is -2.35. The molecule has 0 radical (unpaired) electrons. The molecule has 1 amide bonds. The molecule has 0 atom stereocenters. The molecule has 2 rings (SSSR count). The maximum Gasteiger partial charge on any atom is 0.264 e. The number of hydrogen-bond acceptors (Lipinski definition) is 4. The molecular formula is C22H29N3O2. The average molecular weight is 367 g/mol. The number of oxime groups is 1. The quantitative estimate of drug-likeness (QED) is 0.550. The molecule has 5 nitrogen and oxygen atoms in total. The number of rotatable bonds is 7. The lowest BCUT2D eigenvalue weighted by atomic mass is 10.0. The summed E-state index contributed by atoms with van der Waals surface area (Å²) in [6.07, 6.45) is 1.62. The minimum absolute atomic E-state index is 0.0869. The average Bonchev–Trinajstić information content (AvgIpc) is 2.63. The maximum absolute atomic E-state index is 12.6. The van der Waals surface area contributed by atoms with Crippen molar-refractivity contribution in [1.29, 1.82) is 0 Å². The van der Waals surface area contributed by atoms with Crippen LogP contribution >= 0.6 is 0 Å². The highest BCUT2D eigenvalue weighted by Gasteiger charge is 2.26. The number of nitrogens with zero attached hydrogens (tertiary/aromatic N) is 3. The van der Waals surface area contributed by atoms with E-state index in [1.54, 1.807) is 6.21 Å². The van der Waals surface area contributed by atoms with Gasteiger partial charge in [-0.05, 0) is 44.0 Å². The third kappa shape index (κ3) is 6.44. The molecular weight excluding hydrogens is 338 g/mol. The lowest BCUT2D eigenvalue weighted by molar-refractivity contribution is -0.141. The zero-order valence-corrected chi connectivity index (χ0v) is 16.8. The SMILES string of the molecule is CN(C)c1ccc(/C=N\OCC(=O)N(Cc2ccccc2)C(C)(C)C)cc1. The number of amides is 1. The van der Waals surface area contributed by atoms with Crippen LogP contribution in [0.15, 0.2) is 59.8 Å². The van der Waals surface area contributed by atoms with Crippen LogP contribution in [-0.2, 0) is 16.2 Å². The van der Waals surface area contributed by atoms with E-state index in [2.05, 4.69) is 5.16 Å². The second-order valence-electron chi connectivity index (χ2n) is 7.63. The first-order valence-electron chi connectivity index (χ1n) is 9.04. The summed E-state index contributed by atoms with van der Waals surface area (Å²) in [5.41, 5.74) is 2.82. The highest BCUT2D eigenvalue weighted by atomic mass is 16.6. The van der Waals surface area contributed by atoms with Gasteiger partial charge in [0.2, 0.25) is 0 Å². The van der Waals surface area contributed by atoms with Crippen molar-refractivity contribution in [3.8, 4) is 0 Å². The number of anilines is 1. The zero-order valence-electron chi connectivity index (χ0n) is 16.8. The predicted octanol–water partition coefficient (Wildman–Crippen LogP) is 3.93. The molecule has 0 aliphatic carbocycles. The summed E-state index contributed by atoms with van der Waals surface area (Å²) in [5, 5.41) is 3.94. The van der Waals surface area contributed by atoms with Crippen LogP contribution in [0.25, 0.3) is 0 Å². The topological polar surface area (TPSA) is 45.1 Å². The molecule has 2 aromatic carbocycles. The van der Waals surface area contributed by atoms with Crippen molar-refractivity contribution in [3.05, 3.63) is 65.7 Å². The minimum Gasteiger partial charge on any atom is -0.386 e. The van der Waals surface area contributed by atoms with Crippen molar-refractivity contribution in [1.82, 2.24) is 4.90 Å². The summed E-state index contributed by atoms with van der Waals surface area (Å²) >= 11 is 0. The molecule has 0 aliphatic heterocycles. The van der Waals surface area contributed by atoms with E-state index in [0.29, 0.717) is 6.54 Å². The second kappa shape index (κ2) is 9.21. The Kier molecular flexibility index (Phi) is 6.99. The van der Waals surface area contributed by atoms with Crippen molar-refractivity contribution in [3.63, 3.8) is 0 Å². The molecule has 0 bridgehead atoms. The highest BCUT2D eigenvalue weighted by molar-refractivity contribution is 5.80. The van der Waals surface area contributed by atoms with Gasteiger partial charge in [-0.25, -0.2) is 0 Å². The molecule has 27 heavy (non-hydrogen) atoms. The van der Waals surface area contributed by atoms with Gasteiger partial charge in [0.15, 0.2) is 6.61 Å². The van der Waals surface area contributed by atoms with E-state index >= 15 is 0 Å². The van der Waals surface area contributed by atoms with E-state index in [1.807, 2.05) is 99.3 Å². The molecule has 0 saturated heterocycles. The number of carbonyl (C=O) groups excluding carboxylic acids is 1. The lowest BCUT2D eigenvalue weighted by Crippen LogP contribution is -2.46. The van der Waals surface area contributed by atoms with Gasteiger partial charge in [-0.2, -0.15) is 0 Å². The number of carbonyl (C=O) groups is 1. The fourth-order valence-corrected chi connectivity index (χ4v) is 2.59. The number of hydrogen-bond donors (Lipinski definition) is 0.